The van der Waals surface area contributed by atoms with Crippen LogP contribution in [0.25, 0.3) is 0 Å². The summed E-state index contributed by atoms with van der Waals surface area (Å²) in [5.41, 5.74) is 2.32. The van der Waals surface area contributed by atoms with Gasteiger partial charge in [0.05, 0.1) is 12.3 Å². The Balaban J connectivity index is 1.97. The predicted octanol–water partition coefficient (Wildman–Crippen LogP) is 4.55. The highest BCUT2D eigenvalue weighted by Gasteiger charge is 2.22. The van der Waals surface area contributed by atoms with Crippen LogP contribution in [0, 0.1) is 6.92 Å². The summed E-state index contributed by atoms with van der Waals surface area (Å²) >= 11 is 0. The highest BCUT2D eigenvalue weighted by atomic mass is 16.6. The number of ether oxygens (including phenoxy) is 2. The van der Waals surface area contributed by atoms with E-state index in [-0.39, 0.29) is 18.6 Å². The van der Waals surface area contributed by atoms with Gasteiger partial charge in [0.25, 0.3) is 0 Å². The first kappa shape index (κ1) is 22.5. The lowest BCUT2D eigenvalue weighted by atomic mass is 9.97. The molecule has 0 N–H and O–H groups in total. The minimum absolute atomic E-state index is 0.112. The summed E-state index contributed by atoms with van der Waals surface area (Å²) in [6.45, 7) is 12.3. The van der Waals surface area contributed by atoms with E-state index in [1.165, 1.54) is 0 Å². The second kappa shape index (κ2) is 10.1. The number of aromatic nitrogens is 1. The highest BCUT2D eigenvalue weighted by molar-refractivity contribution is 6.00. The molecule has 0 radical (unpaired) electrons. The molecule has 0 unspecified atom stereocenters. The Kier molecular flexibility index (Phi) is 7.82. The van der Waals surface area contributed by atoms with Crippen LogP contribution >= 0.6 is 0 Å². The van der Waals surface area contributed by atoms with E-state index in [0.29, 0.717) is 24.7 Å². The van der Waals surface area contributed by atoms with Crippen LogP contribution < -0.4 is 4.74 Å². The smallest absolute Gasteiger partial charge is 0.344 e. The molecular weight excluding hydrogens is 372 g/mol. The molecular formula is C22H30N2O5. The number of carbonyl (C=O) groups is 1. The summed E-state index contributed by atoms with van der Waals surface area (Å²) in [7, 11) is 0. The van der Waals surface area contributed by atoms with Gasteiger partial charge in [0.2, 0.25) is 0 Å². The fraction of sp³-hybridized carbons (Fsp3) is 0.500. The van der Waals surface area contributed by atoms with E-state index in [1.54, 1.807) is 19.1 Å². The highest BCUT2D eigenvalue weighted by Crippen LogP contribution is 2.24. The summed E-state index contributed by atoms with van der Waals surface area (Å²) in [6.07, 6.45) is 0.702. The molecule has 1 aromatic carbocycles. The van der Waals surface area contributed by atoms with Gasteiger partial charge in [-0.15, -0.1) is 0 Å². The predicted molar refractivity (Wildman–Crippen MR) is 110 cm³/mol. The summed E-state index contributed by atoms with van der Waals surface area (Å²) in [5, 5.41) is 4.27. The van der Waals surface area contributed by atoms with Crippen LogP contribution in [0.5, 0.6) is 5.75 Å². The van der Waals surface area contributed by atoms with Crippen molar-refractivity contribution in [2.24, 2.45) is 5.16 Å². The lowest BCUT2D eigenvalue weighted by molar-refractivity contribution is -0.145. The van der Waals surface area contributed by atoms with E-state index < -0.39 is 5.97 Å². The van der Waals surface area contributed by atoms with Crippen molar-refractivity contribution in [3.8, 4) is 5.75 Å². The zero-order valence-corrected chi connectivity index (χ0v) is 18.1. The van der Waals surface area contributed by atoms with Crippen molar-refractivity contribution in [3.63, 3.8) is 0 Å². The molecule has 0 atom stereocenters. The van der Waals surface area contributed by atoms with Crippen LogP contribution in [-0.2, 0) is 26.4 Å². The molecule has 0 aliphatic heterocycles. The van der Waals surface area contributed by atoms with Crippen molar-refractivity contribution in [2.75, 3.05) is 13.2 Å². The van der Waals surface area contributed by atoms with Gasteiger partial charge >= 0.3 is 5.97 Å². The Morgan fingerprint density at radius 3 is 2.41 bits per heavy atom. The summed E-state index contributed by atoms with van der Waals surface area (Å²) in [5.74, 6) is 1.63. The van der Waals surface area contributed by atoms with Crippen molar-refractivity contribution < 1.29 is 23.5 Å². The Bertz CT molecular complexity index is 832. The maximum Gasteiger partial charge on any atom is 0.344 e. The summed E-state index contributed by atoms with van der Waals surface area (Å²) in [4.78, 5) is 21.4. The van der Waals surface area contributed by atoms with Gasteiger partial charge in [0.15, 0.2) is 19.1 Å². The topological polar surface area (TPSA) is 83.2 Å². The molecule has 0 saturated heterocycles. The van der Waals surface area contributed by atoms with E-state index in [9.17, 15) is 4.79 Å². The molecule has 158 valence electrons. The van der Waals surface area contributed by atoms with Crippen molar-refractivity contribution in [1.82, 2.24) is 4.98 Å². The van der Waals surface area contributed by atoms with Crippen molar-refractivity contribution in [2.45, 2.75) is 60.0 Å². The van der Waals surface area contributed by atoms with E-state index in [2.05, 4.69) is 30.9 Å². The molecule has 7 nitrogen and oxygen atoms in total. The van der Waals surface area contributed by atoms with Crippen molar-refractivity contribution >= 4 is 11.7 Å². The van der Waals surface area contributed by atoms with Crippen molar-refractivity contribution in [1.29, 1.82) is 0 Å². The van der Waals surface area contributed by atoms with Gasteiger partial charge in [-0.1, -0.05) is 32.9 Å². The van der Waals surface area contributed by atoms with Gasteiger partial charge in [0.1, 0.15) is 17.2 Å². The summed E-state index contributed by atoms with van der Waals surface area (Å²) in [6, 6.07) is 7.34. The first-order valence-electron chi connectivity index (χ1n) is 9.79. The molecule has 2 aromatic rings. The van der Waals surface area contributed by atoms with Gasteiger partial charge in [0, 0.05) is 5.41 Å². The number of oxazole rings is 1. The van der Waals surface area contributed by atoms with Gasteiger partial charge in [-0.2, -0.15) is 0 Å². The number of rotatable bonds is 9. The average Bonchev–Trinajstić information content (AvgIpc) is 3.05. The van der Waals surface area contributed by atoms with Crippen LogP contribution in [0.1, 0.15) is 63.9 Å². The number of benzene rings is 1. The maximum absolute atomic E-state index is 11.4. The monoisotopic (exact) mass is 402 g/mol. The Morgan fingerprint density at radius 2 is 1.86 bits per heavy atom. The van der Waals surface area contributed by atoms with Gasteiger partial charge < -0.3 is 18.7 Å². The molecule has 0 saturated carbocycles. The zero-order valence-electron chi connectivity index (χ0n) is 18.1. The first-order chi connectivity index (χ1) is 13.7. The molecule has 0 spiro atoms. The number of oxime groups is 1. The number of carbonyl (C=O) groups excluding carboxylic acids is 1. The minimum atomic E-state index is -0.390. The molecule has 0 fully saturated rings. The third kappa shape index (κ3) is 6.62. The number of hydrogen-bond acceptors (Lipinski definition) is 7. The number of esters is 1. The van der Waals surface area contributed by atoms with Crippen LogP contribution in [0.3, 0.4) is 0 Å². The van der Waals surface area contributed by atoms with Gasteiger partial charge in [-0.05, 0) is 50.1 Å². The van der Waals surface area contributed by atoms with E-state index >= 15 is 0 Å². The molecule has 2 rings (SSSR count). The molecule has 1 heterocycles. The molecule has 0 aliphatic carbocycles. The van der Waals surface area contributed by atoms with Gasteiger partial charge in [-0.3, -0.25) is 0 Å². The molecule has 0 amide bonds. The van der Waals surface area contributed by atoms with E-state index in [4.69, 9.17) is 18.7 Å². The maximum atomic E-state index is 11.4. The number of nitrogens with zero attached hydrogens (tertiary/aromatic N) is 2. The fourth-order valence-electron chi connectivity index (χ4n) is 2.46. The minimum Gasteiger partial charge on any atom is -0.482 e. The lowest BCUT2D eigenvalue weighted by Gasteiger charge is -2.11. The second-order valence-electron chi connectivity index (χ2n) is 7.55. The Hall–Kier alpha value is -2.83. The average molecular weight is 402 g/mol. The van der Waals surface area contributed by atoms with Crippen molar-refractivity contribution in [3.05, 3.63) is 47.2 Å². The lowest BCUT2D eigenvalue weighted by Crippen LogP contribution is -2.14. The zero-order chi connectivity index (χ0) is 21.4. The Morgan fingerprint density at radius 1 is 1.17 bits per heavy atom. The molecule has 29 heavy (non-hydrogen) atoms. The van der Waals surface area contributed by atoms with Crippen LogP contribution in [0.2, 0.25) is 0 Å². The van der Waals surface area contributed by atoms with Crippen LogP contribution in [-0.4, -0.2) is 29.9 Å². The SMILES string of the molecule is CCOC(=O)COc1ccc(/C(CC)=N/OCc2nc(C(C)(C)C)oc2C)cc1. The largest absolute Gasteiger partial charge is 0.482 e. The third-order valence-electron chi connectivity index (χ3n) is 4.09. The number of aryl methyl sites for hydroxylation is 1. The van der Waals surface area contributed by atoms with E-state index in [0.717, 1.165) is 22.7 Å². The van der Waals surface area contributed by atoms with Gasteiger partial charge in [-0.25, -0.2) is 9.78 Å². The Labute approximate surface area is 172 Å². The quantitative estimate of drug-likeness (QED) is 0.347. The second-order valence-corrected chi connectivity index (χ2v) is 7.55. The summed E-state index contributed by atoms with van der Waals surface area (Å²) < 4.78 is 16.0. The third-order valence-corrected chi connectivity index (χ3v) is 4.09. The molecule has 1 aromatic heterocycles. The first-order valence-corrected chi connectivity index (χ1v) is 9.79. The normalized spacial score (nSPS) is 12.0. The van der Waals surface area contributed by atoms with Crippen LogP contribution in [0.15, 0.2) is 33.8 Å². The molecule has 0 bridgehead atoms. The van der Waals surface area contributed by atoms with Crippen LogP contribution in [0.4, 0.5) is 0 Å². The molecule has 7 heteroatoms. The standard InChI is InChI=1S/C22H30N2O5/c1-7-18(16-9-11-17(12-10-16)27-14-20(25)26-8-2)24-28-13-19-15(3)29-21(23-19)22(4,5)6/h9-12H,7-8,13-14H2,1-6H3/b24-18+. The fourth-order valence-corrected chi connectivity index (χ4v) is 2.46. The number of hydrogen-bond donors (Lipinski definition) is 0. The molecule has 0 aliphatic rings. The van der Waals surface area contributed by atoms with E-state index in [1.807, 2.05) is 26.0 Å².